The Hall–Kier alpha value is -2.15. The van der Waals surface area contributed by atoms with Gasteiger partial charge >= 0.3 is 0 Å². The number of benzene rings is 2. The maximum atomic E-state index is 13.3. The number of nitrogens with zero attached hydrogens (tertiary/aromatic N) is 3. The standard InChI is InChI=1S/C23H26IN3O/c1-4-13-27-21-11-6-5-10-20(21)25-22(27)16-26(14-12-17(2)3)23(28)18-8-7-9-19(24)15-18/h4-11,15,17H,1,12-14,16H2,2-3H3. The number of fused-ring (bicyclic) bond motifs is 1. The van der Waals surface area contributed by atoms with E-state index in [1.165, 1.54) is 0 Å². The van der Waals surface area contributed by atoms with Crippen LogP contribution < -0.4 is 0 Å². The van der Waals surface area contributed by atoms with E-state index in [1.54, 1.807) is 0 Å². The maximum absolute atomic E-state index is 13.3. The predicted molar refractivity (Wildman–Crippen MR) is 123 cm³/mol. The molecule has 2 aromatic carbocycles. The lowest BCUT2D eigenvalue weighted by molar-refractivity contribution is 0.0729. The molecule has 0 N–H and O–H groups in total. The number of carbonyl (C=O) groups is 1. The number of aromatic nitrogens is 2. The molecule has 1 aromatic heterocycles. The van der Waals surface area contributed by atoms with E-state index in [0.29, 0.717) is 25.6 Å². The van der Waals surface area contributed by atoms with Crippen molar-refractivity contribution >= 4 is 39.5 Å². The van der Waals surface area contributed by atoms with Gasteiger partial charge in [-0.1, -0.05) is 38.1 Å². The molecule has 0 saturated heterocycles. The molecule has 0 fully saturated rings. The molecule has 5 heteroatoms. The highest BCUT2D eigenvalue weighted by Gasteiger charge is 2.20. The molecule has 146 valence electrons. The van der Waals surface area contributed by atoms with Crippen molar-refractivity contribution in [3.8, 4) is 0 Å². The first-order valence-corrected chi connectivity index (χ1v) is 10.7. The van der Waals surface area contributed by atoms with Gasteiger partial charge in [0.05, 0.1) is 17.6 Å². The second kappa shape index (κ2) is 9.37. The van der Waals surface area contributed by atoms with Crippen LogP contribution in [0.3, 0.4) is 0 Å². The summed E-state index contributed by atoms with van der Waals surface area (Å²) in [5.41, 5.74) is 2.75. The van der Waals surface area contributed by atoms with Gasteiger partial charge in [0.15, 0.2) is 0 Å². The molecule has 4 nitrogen and oxygen atoms in total. The Morgan fingerprint density at radius 3 is 2.75 bits per heavy atom. The van der Waals surface area contributed by atoms with E-state index in [4.69, 9.17) is 4.98 Å². The molecule has 0 saturated carbocycles. The molecule has 0 unspecified atom stereocenters. The Bertz CT molecular complexity index is 977. The molecule has 0 aliphatic heterocycles. The number of halogens is 1. The number of imidazole rings is 1. The van der Waals surface area contributed by atoms with Crippen LogP contribution in [0, 0.1) is 9.49 Å². The highest BCUT2D eigenvalue weighted by molar-refractivity contribution is 14.1. The van der Waals surface area contributed by atoms with Crippen LogP contribution in [0.25, 0.3) is 11.0 Å². The summed E-state index contributed by atoms with van der Waals surface area (Å²) in [5, 5.41) is 0. The fraction of sp³-hybridized carbons (Fsp3) is 0.304. The highest BCUT2D eigenvalue weighted by atomic mass is 127. The molecule has 1 amide bonds. The van der Waals surface area contributed by atoms with Gasteiger partial charge in [0.2, 0.25) is 0 Å². The molecule has 0 aliphatic carbocycles. The summed E-state index contributed by atoms with van der Waals surface area (Å²) in [6.45, 7) is 10.1. The molecular weight excluding hydrogens is 461 g/mol. The van der Waals surface area contributed by atoms with Crippen molar-refractivity contribution in [2.75, 3.05) is 6.54 Å². The molecule has 0 spiro atoms. The minimum Gasteiger partial charge on any atom is -0.331 e. The van der Waals surface area contributed by atoms with Gasteiger partial charge in [-0.15, -0.1) is 6.58 Å². The molecule has 0 aliphatic rings. The average molecular weight is 487 g/mol. The largest absolute Gasteiger partial charge is 0.331 e. The van der Waals surface area contributed by atoms with Gasteiger partial charge < -0.3 is 9.47 Å². The third-order valence-corrected chi connectivity index (χ3v) is 5.38. The van der Waals surface area contributed by atoms with Crippen LogP contribution in [-0.2, 0) is 13.1 Å². The summed E-state index contributed by atoms with van der Waals surface area (Å²) < 4.78 is 3.21. The fourth-order valence-corrected chi connectivity index (χ4v) is 3.76. The number of amides is 1. The lowest BCUT2D eigenvalue weighted by atomic mass is 10.1. The number of carbonyl (C=O) groups excluding carboxylic acids is 1. The van der Waals surface area contributed by atoms with Gasteiger partial charge in [-0.2, -0.15) is 0 Å². The van der Waals surface area contributed by atoms with Crippen molar-refractivity contribution in [2.45, 2.75) is 33.4 Å². The number of rotatable bonds is 8. The topological polar surface area (TPSA) is 38.1 Å². The summed E-state index contributed by atoms with van der Waals surface area (Å²) in [5.74, 6) is 1.47. The minimum absolute atomic E-state index is 0.0522. The Morgan fingerprint density at radius 2 is 2.04 bits per heavy atom. The monoisotopic (exact) mass is 487 g/mol. The van der Waals surface area contributed by atoms with E-state index in [0.717, 1.165) is 32.4 Å². The molecule has 3 rings (SSSR count). The lowest BCUT2D eigenvalue weighted by Gasteiger charge is -2.24. The van der Waals surface area contributed by atoms with Crippen LogP contribution >= 0.6 is 22.6 Å². The van der Waals surface area contributed by atoms with E-state index < -0.39 is 0 Å². The van der Waals surface area contributed by atoms with E-state index in [2.05, 4.69) is 53.7 Å². The summed E-state index contributed by atoms with van der Waals surface area (Å²) in [4.78, 5) is 20.0. The van der Waals surface area contributed by atoms with E-state index in [-0.39, 0.29) is 5.91 Å². The average Bonchev–Trinajstić information content (AvgIpc) is 3.02. The van der Waals surface area contributed by atoms with E-state index in [9.17, 15) is 4.79 Å². The van der Waals surface area contributed by atoms with Crippen molar-refractivity contribution < 1.29 is 4.79 Å². The second-order valence-corrected chi connectivity index (χ2v) is 8.58. The number of hydrogen-bond acceptors (Lipinski definition) is 2. The quantitative estimate of drug-likeness (QED) is 0.310. The van der Waals surface area contributed by atoms with E-state index in [1.807, 2.05) is 53.4 Å². The SMILES string of the molecule is C=CCn1c(CN(CCC(C)C)C(=O)c2cccc(I)c2)nc2ccccc21. The van der Waals surface area contributed by atoms with Crippen molar-refractivity contribution in [3.63, 3.8) is 0 Å². The Morgan fingerprint density at radius 1 is 1.25 bits per heavy atom. The van der Waals surface area contributed by atoms with Gasteiger partial charge in [0.1, 0.15) is 5.82 Å². The smallest absolute Gasteiger partial charge is 0.254 e. The maximum Gasteiger partial charge on any atom is 0.254 e. The van der Waals surface area contributed by atoms with Crippen LogP contribution in [0.5, 0.6) is 0 Å². The molecular formula is C23H26IN3O. The van der Waals surface area contributed by atoms with Crippen LogP contribution in [0.2, 0.25) is 0 Å². The first-order chi connectivity index (χ1) is 13.5. The molecule has 0 atom stereocenters. The summed E-state index contributed by atoms with van der Waals surface area (Å²) in [7, 11) is 0. The zero-order valence-electron chi connectivity index (χ0n) is 16.4. The van der Waals surface area contributed by atoms with Crippen LogP contribution in [0.4, 0.5) is 0 Å². The number of hydrogen-bond donors (Lipinski definition) is 0. The molecule has 28 heavy (non-hydrogen) atoms. The van der Waals surface area contributed by atoms with Crippen LogP contribution in [0.1, 0.15) is 36.5 Å². The summed E-state index contributed by atoms with van der Waals surface area (Å²) in [6.07, 6.45) is 2.83. The predicted octanol–water partition coefficient (Wildman–Crippen LogP) is 5.52. The first-order valence-electron chi connectivity index (χ1n) is 9.59. The third-order valence-electron chi connectivity index (χ3n) is 4.71. The minimum atomic E-state index is 0.0522. The van der Waals surface area contributed by atoms with Crippen molar-refractivity contribution in [2.24, 2.45) is 5.92 Å². The van der Waals surface area contributed by atoms with Crippen molar-refractivity contribution in [3.05, 3.63) is 76.1 Å². The molecule has 0 bridgehead atoms. The van der Waals surface area contributed by atoms with Gasteiger partial charge in [0, 0.05) is 22.2 Å². The van der Waals surface area contributed by atoms with Gasteiger partial charge in [-0.25, -0.2) is 4.98 Å². The van der Waals surface area contributed by atoms with E-state index >= 15 is 0 Å². The molecule has 3 aromatic rings. The Labute approximate surface area is 180 Å². The first kappa shape index (κ1) is 20.6. The van der Waals surface area contributed by atoms with Gasteiger partial charge in [0.25, 0.3) is 5.91 Å². The number of para-hydroxylation sites is 2. The highest BCUT2D eigenvalue weighted by Crippen LogP contribution is 2.20. The van der Waals surface area contributed by atoms with Gasteiger partial charge in [-0.05, 0) is 65.3 Å². The third kappa shape index (κ3) is 4.82. The fourth-order valence-electron chi connectivity index (χ4n) is 3.22. The zero-order valence-corrected chi connectivity index (χ0v) is 18.6. The normalized spacial score (nSPS) is 11.1. The second-order valence-electron chi connectivity index (χ2n) is 7.34. The zero-order chi connectivity index (χ0) is 20.1. The Balaban J connectivity index is 1.95. The van der Waals surface area contributed by atoms with Crippen LogP contribution in [0.15, 0.2) is 61.2 Å². The number of allylic oxidation sites excluding steroid dienone is 1. The molecule has 1 heterocycles. The van der Waals surface area contributed by atoms with Crippen molar-refractivity contribution in [1.29, 1.82) is 0 Å². The Kier molecular flexibility index (Phi) is 6.88. The van der Waals surface area contributed by atoms with Crippen molar-refractivity contribution in [1.82, 2.24) is 14.5 Å². The van der Waals surface area contributed by atoms with Gasteiger partial charge in [-0.3, -0.25) is 4.79 Å². The molecule has 0 radical (unpaired) electrons. The summed E-state index contributed by atoms with van der Waals surface area (Å²) >= 11 is 2.25. The van der Waals surface area contributed by atoms with Crippen LogP contribution in [-0.4, -0.2) is 26.9 Å². The lowest BCUT2D eigenvalue weighted by Crippen LogP contribution is -2.33. The summed E-state index contributed by atoms with van der Waals surface area (Å²) in [6, 6.07) is 15.8.